The first kappa shape index (κ1) is 25.5. The topological polar surface area (TPSA) is 75.0 Å². The molecule has 1 aliphatic heterocycles. The van der Waals surface area contributed by atoms with E-state index in [9.17, 15) is 9.59 Å². The van der Waals surface area contributed by atoms with E-state index in [1.54, 1.807) is 24.3 Å². The molecule has 0 atom stereocenters. The Hall–Kier alpha value is -3.55. The summed E-state index contributed by atoms with van der Waals surface area (Å²) in [4.78, 5) is 29.5. The molecule has 1 aliphatic rings. The number of hydrogen-bond donors (Lipinski definition) is 1. The van der Waals surface area contributed by atoms with Crippen molar-refractivity contribution in [3.8, 4) is 11.3 Å². The average molecular weight is 508 g/mol. The summed E-state index contributed by atoms with van der Waals surface area (Å²) in [6.07, 6.45) is 3.02. The quantitative estimate of drug-likeness (QED) is 0.337. The van der Waals surface area contributed by atoms with Crippen LogP contribution in [0.25, 0.3) is 17.4 Å². The van der Waals surface area contributed by atoms with Crippen molar-refractivity contribution < 1.29 is 18.7 Å². The molecule has 2 heterocycles. The number of anilines is 2. The number of rotatable bonds is 7. The van der Waals surface area contributed by atoms with Crippen molar-refractivity contribution in [2.75, 3.05) is 50.1 Å². The highest BCUT2D eigenvalue weighted by Gasteiger charge is 2.20. The molecule has 0 unspecified atom stereocenters. The van der Waals surface area contributed by atoms with Crippen LogP contribution < -0.4 is 10.2 Å². The number of aryl methyl sites for hydroxylation is 1. The molecule has 1 aromatic heterocycles. The molecule has 7 nitrogen and oxygen atoms in total. The molecule has 36 heavy (non-hydrogen) atoms. The van der Waals surface area contributed by atoms with Gasteiger partial charge in [-0.2, -0.15) is 0 Å². The van der Waals surface area contributed by atoms with Crippen molar-refractivity contribution in [3.05, 3.63) is 76.5 Å². The minimum absolute atomic E-state index is 0.332. The third-order valence-corrected chi connectivity index (χ3v) is 6.73. The SMILES string of the molecule is CCN1CCN(c2ccc(C(=O)OC)cc2NC(=O)/C=C/c2ccc(-c3ccc(C)c(Cl)c3)o2)CC1. The van der Waals surface area contributed by atoms with Gasteiger partial charge in [-0.05, 0) is 61.5 Å². The van der Waals surface area contributed by atoms with Gasteiger partial charge in [-0.25, -0.2) is 4.79 Å². The Bertz CT molecular complexity index is 1280. The highest BCUT2D eigenvalue weighted by molar-refractivity contribution is 6.31. The lowest BCUT2D eigenvalue weighted by Crippen LogP contribution is -2.46. The van der Waals surface area contributed by atoms with Gasteiger partial charge in [0.2, 0.25) is 5.91 Å². The van der Waals surface area contributed by atoms with Crippen molar-refractivity contribution >= 4 is 40.9 Å². The number of nitrogens with zero attached hydrogens (tertiary/aromatic N) is 2. The predicted molar refractivity (Wildman–Crippen MR) is 144 cm³/mol. The Morgan fingerprint density at radius 1 is 1.08 bits per heavy atom. The maximum Gasteiger partial charge on any atom is 0.337 e. The third kappa shape index (κ3) is 5.98. The molecule has 8 heteroatoms. The average Bonchev–Trinajstić information content (AvgIpc) is 3.38. The minimum Gasteiger partial charge on any atom is -0.465 e. The maximum absolute atomic E-state index is 12.8. The summed E-state index contributed by atoms with van der Waals surface area (Å²) in [5.41, 5.74) is 3.66. The Labute approximate surface area is 216 Å². The second-order valence-corrected chi connectivity index (χ2v) is 9.04. The highest BCUT2D eigenvalue weighted by atomic mass is 35.5. The Morgan fingerprint density at radius 3 is 2.56 bits per heavy atom. The number of ether oxygens (including phenoxy) is 1. The van der Waals surface area contributed by atoms with Crippen LogP contribution >= 0.6 is 11.6 Å². The number of carbonyl (C=O) groups is 2. The molecule has 4 rings (SSSR count). The number of methoxy groups -OCH3 is 1. The predicted octanol–water partition coefficient (Wildman–Crippen LogP) is 5.49. The second kappa shape index (κ2) is 11.5. The van der Waals surface area contributed by atoms with Crippen LogP contribution in [-0.2, 0) is 9.53 Å². The summed E-state index contributed by atoms with van der Waals surface area (Å²) in [5.74, 6) is 0.414. The maximum atomic E-state index is 12.8. The summed E-state index contributed by atoms with van der Waals surface area (Å²) >= 11 is 6.23. The lowest BCUT2D eigenvalue weighted by Gasteiger charge is -2.36. The van der Waals surface area contributed by atoms with Crippen LogP contribution in [0.5, 0.6) is 0 Å². The number of carbonyl (C=O) groups excluding carboxylic acids is 2. The molecule has 1 saturated heterocycles. The number of likely N-dealkylation sites (N-methyl/N-ethyl adjacent to an activating group) is 1. The zero-order chi connectivity index (χ0) is 25.7. The van der Waals surface area contributed by atoms with Crippen LogP contribution in [0.1, 0.15) is 28.6 Å². The number of nitrogens with one attached hydrogen (secondary N) is 1. The van der Waals surface area contributed by atoms with Crippen LogP contribution in [-0.4, -0.2) is 56.6 Å². The van der Waals surface area contributed by atoms with E-state index in [2.05, 4.69) is 22.0 Å². The van der Waals surface area contributed by atoms with Gasteiger partial charge < -0.3 is 24.3 Å². The Balaban J connectivity index is 1.50. The first-order chi connectivity index (χ1) is 17.4. The van der Waals surface area contributed by atoms with E-state index in [0.717, 1.165) is 49.5 Å². The van der Waals surface area contributed by atoms with E-state index in [1.807, 2.05) is 37.3 Å². The number of benzene rings is 2. The van der Waals surface area contributed by atoms with Crippen molar-refractivity contribution in [1.82, 2.24) is 4.90 Å². The van der Waals surface area contributed by atoms with Crippen LogP contribution in [0, 0.1) is 6.92 Å². The third-order valence-electron chi connectivity index (χ3n) is 6.32. The molecule has 1 N–H and O–H groups in total. The fourth-order valence-corrected chi connectivity index (χ4v) is 4.32. The fourth-order valence-electron chi connectivity index (χ4n) is 4.14. The van der Waals surface area contributed by atoms with Gasteiger partial charge >= 0.3 is 5.97 Å². The van der Waals surface area contributed by atoms with Gasteiger partial charge in [0.15, 0.2) is 0 Å². The molecule has 2 aromatic carbocycles. The van der Waals surface area contributed by atoms with Crippen LogP contribution in [0.3, 0.4) is 0 Å². The number of esters is 1. The first-order valence-electron chi connectivity index (χ1n) is 11.9. The highest BCUT2D eigenvalue weighted by Crippen LogP contribution is 2.30. The van der Waals surface area contributed by atoms with Gasteiger partial charge in [-0.1, -0.05) is 30.7 Å². The molecule has 188 valence electrons. The summed E-state index contributed by atoms with van der Waals surface area (Å²) in [6, 6.07) is 14.6. The van der Waals surface area contributed by atoms with E-state index in [0.29, 0.717) is 27.8 Å². The standard InChI is InChI=1S/C28H30ClN3O4/c1-4-31-13-15-32(16-14-31)25-10-7-21(28(34)35-3)18-24(25)30-27(33)12-9-22-8-11-26(36-22)20-6-5-19(2)23(29)17-20/h5-12,17-18H,4,13-16H2,1-3H3,(H,30,33)/b12-9+. The molecule has 1 amide bonds. The molecule has 0 radical (unpaired) electrons. The number of piperazine rings is 1. The van der Waals surface area contributed by atoms with Gasteiger partial charge in [0.1, 0.15) is 11.5 Å². The van der Waals surface area contributed by atoms with Crippen LogP contribution in [0.2, 0.25) is 5.02 Å². The molecule has 0 spiro atoms. The van der Waals surface area contributed by atoms with E-state index in [1.165, 1.54) is 13.2 Å². The zero-order valence-electron chi connectivity index (χ0n) is 20.7. The lowest BCUT2D eigenvalue weighted by molar-refractivity contribution is -0.111. The lowest BCUT2D eigenvalue weighted by atomic mass is 10.1. The number of hydrogen-bond acceptors (Lipinski definition) is 6. The molecule has 3 aromatic rings. The van der Waals surface area contributed by atoms with Gasteiger partial charge in [0.25, 0.3) is 0 Å². The van der Waals surface area contributed by atoms with E-state index >= 15 is 0 Å². The monoisotopic (exact) mass is 507 g/mol. The van der Waals surface area contributed by atoms with Crippen molar-refractivity contribution in [3.63, 3.8) is 0 Å². The molecular formula is C28H30ClN3O4. The summed E-state index contributed by atoms with van der Waals surface area (Å²) in [5, 5.41) is 3.59. The normalized spacial score (nSPS) is 14.3. The summed E-state index contributed by atoms with van der Waals surface area (Å²) in [6.45, 7) is 8.65. The van der Waals surface area contributed by atoms with Crippen molar-refractivity contribution in [1.29, 1.82) is 0 Å². The van der Waals surface area contributed by atoms with Crippen molar-refractivity contribution in [2.45, 2.75) is 13.8 Å². The summed E-state index contributed by atoms with van der Waals surface area (Å²) in [7, 11) is 1.34. The molecular weight excluding hydrogens is 478 g/mol. The zero-order valence-corrected chi connectivity index (χ0v) is 21.5. The van der Waals surface area contributed by atoms with Crippen molar-refractivity contribution in [2.24, 2.45) is 0 Å². The van der Waals surface area contributed by atoms with Gasteiger partial charge in [0, 0.05) is 42.8 Å². The van der Waals surface area contributed by atoms with Gasteiger partial charge in [-0.15, -0.1) is 0 Å². The van der Waals surface area contributed by atoms with E-state index in [-0.39, 0.29) is 5.91 Å². The van der Waals surface area contributed by atoms with E-state index in [4.69, 9.17) is 20.8 Å². The van der Waals surface area contributed by atoms with Crippen LogP contribution in [0.15, 0.2) is 59.0 Å². The molecule has 0 saturated carbocycles. The fraction of sp³-hybridized carbons (Fsp3) is 0.286. The molecule has 1 fully saturated rings. The number of halogens is 1. The Morgan fingerprint density at radius 2 is 1.86 bits per heavy atom. The van der Waals surface area contributed by atoms with Gasteiger partial charge in [0.05, 0.1) is 24.0 Å². The number of amides is 1. The Kier molecular flexibility index (Phi) is 8.13. The smallest absolute Gasteiger partial charge is 0.337 e. The molecule has 0 aliphatic carbocycles. The first-order valence-corrected chi connectivity index (χ1v) is 12.3. The second-order valence-electron chi connectivity index (χ2n) is 8.63. The largest absolute Gasteiger partial charge is 0.465 e. The molecule has 0 bridgehead atoms. The number of furan rings is 1. The van der Waals surface area contributed by atoms with Crippen LogP contribution in [0.4, 0.5) is 11.4 Å². The van der Waals surface area contributed by atoms with Gasteiger partial charge in [-0.3, -0.25) is 4.79 Å². The van der Waals surface area contributed by atoms with E-state index < -0.39 is 5.97 Å². The summed E-state index contributed by atoms with van der Waals surface area (Å²) < 4.78 is 10.7. The minimum atomic E-state index is -0.456.